The lowest BCUT2D eigenvalue weighted by atomic mass is 9.73. The number of aromatic nitrogens is 1. The van der Waals surface area contributed by atoms with Crippen LogP contribution in [-0.2, 0) is 16.9 Å². The van der Waals surface area contributed by atoms with Crippen molar-refractivity contribution < 1.29 is 14.4 Å². The minimum atomic E-state index is -1.20. The van der Waals surface area contributed by atoms with Gasteiger partial charge in [0, 0.05) is 41.6 Å². The summed E-state index contributed by atoms with van der Waals surface area (Å²) in [5.41, 5.74) is 0.922. The van der Waals surface area contributed by atoms with Gasteiger partial charge in [-0.25, -0.2) is 4.79 Å². The molecule has 2 saturated heterocycles. The summed E-state index contributed by atoms with van der Waals surface area (Å²) in [7, 11) is 0. The van der Waals surface area contributed by atoms with Gasteiger partial charge in [-0.3, -0.25) is 19.5 Å². The number of urea groups is 1. The molecule has 0 spiro atoms. The Morgan fingerprint density at radius 3 is 2.68 bits per heavy atom. The number of thiophene rings is 1. The lowest BCUT2D eigenvalue weighted by Crippen LogP contribution is -2.54. The molecule has 2 aromatic heterocycles. The summed E-state index contributed by atoms with van der Waals surface area (Å²) in [4.78, 5) is 47.2. The average molecular weight is 495 g/mol. The van der Waals surface area contributed by atoms with Crippen molar-refractivity contribution in [3.8, 4) is 0 Å². The molecule has 4 heterocycles. The largest absolute Gasteiger partial charge is 0.339 e. The van der Waals surface area contributed by atoms with Crippen LogP contribution in [0.25, 0.3) is 0 Å². The molecule has 174 valence electrons. The molecule has 4 amide bonds. The van der Waals surface area contributed by atoms with Crippen LogP contribution in [0.5, 0.6) is 0 Å². The summed E-state index contributed by atoms with van der Waals surface area (Å²) >= 11 is 7.59. The molecule has 1 atom stereocenters. The fraction of sp³-hybridized carbons (Fsp3) is 0.280. The Morgan fingerprint density at radius 2 is 2.00 bits per heavy atom. The normalized spacial score (nSPS) is 21.1. The molecule has 0 aliphatic carbocycles. The van der Waals surface area contributed by atoms with Crippen LogP contribution in [0.2, 0.25) is 5.02 Å². The second kappa shape index (κ2) is 9.19. The maximum absolute atomic E-state index is 13.9. The van der Waals surface area contributed by atoms with Gasteiger partial charge in [-0.2, -0.15) is 11.3 Å². The third-order valence-electron chi connectivity index (χ3n) is 6.64. The molecule has 7 nitrogen and oxygen atoms in total. The predicted octanol–water partition coefficient (Wildman–Crippen LogP) is 4.30. The molecule has 2 aliphatic rings. The summed E-state index contributed by atoms with van der Waals surface area (Å²) in [5, 5.41) is 7.40. The van der Waals surface area contributed by atoms with Gasteiger partial charge in [0.25, 0.3) is 11.8 Å². The number of imide groups is 1. The van der Waals surface area contributed by atoms with Crippen molar-refractivity contribution in [2.75, 3.05) is 13.1 Å². The number of piperidine rings is 1. The van der Waals surface area contributed by atoms with Gasteiger partial charge < -0.3 is 10.2 Å². The number of hydrogen-bond acceptors (Lipinski definition) is 5. The molecule has 0 radical (unpaired) electrons. The maximum Gasteiger partial charge on any atom is 0.325 e. The Hall–Kier alpha value is -3.23. The van der Waals surface area contributed by atoms with E-state index in [0.717, 1.165) is 5.56 Å². The van der Waals surface area contributed by atoms with E-state index in [9.17, 15) is 14.4 Å². The molecule has 34 heavy (non-hydrogen) atoms. The van der Waals surface area contributed by atoms with Gasteiger partial charge >= 0.3 is 6.03 Å². The predicted molar refractivity (Wildman–Crippen MR) is 129 cm³/mol. The minimum absolute atomic E-state index is 0.0859. The lowest BCUT2D eigenvalue weighted by Gasteiger charge is -2.41. The molecule has 2 fully saturated rings. The van der Waals surface area contributed by atoms with E-state index in [1.807, 2.05) is 22.9 Å². The topological polar surface area (TPSA) is 82.6 Å². The quantitative estimate of drug-likeness (QED) is 0.536. The zero-order valence-corrected chi connectivity index (χ0v) is 19.9. The number of halogens is 1. The molecule has 0 bridgehead atoms. The van der Waals surface area contributed by atoms with Gasteiger partial charge in [-0.1, -0.05) is 23.7 Å². The Bertz CT molecular complexity index is 1210. The summed E-state index contributed by atoms with van der Waals surface area (Å²) in [6.07, 6.45) is 4.43. The zero-order valence-electron chi connectivity index (χ0n) is 18.3. The molecule has 3 aromatic rings. The first-order valence-corrected chi connectivity index (χ1v) is 12.4. The minimum Gasteiger partial charge on any atom is -0.339 e. The summed E-state index contributed by atoms with van der Waals surface area (Å²) < 4.78 is 0. The fourth-order valence-electron chi connectivity index (χ4n) is 4.93. The number of carbonyl (C=O) groups is 3. The first-order chi connectivity index (χ1) is 16.5. The standard InChI is InChI=1S/C25H23ClN4O3S/c26-21-5-1-3-18(13-21)22(31)29-10-6-19(7-11-29)25(20-4-2-9-27-14-20)23(32)30(24(33)28-25)15-17-8-12-34-16-17/h1-5,8-9,12-14,16,19H,6-7,10-11,15H2,(H,28,33). The third-order valence-corrected chi connectivity index (χ3v) is 7.60. The molecule has 1 N–H and O–H groups in total. The van der Waals surface area contributed by atoms with Crippen LogP contribution >= 0.6 is 22.9 Å². The maximum atomic E-state index is 13.9. The smallest absolute Gasteiger partial charge is 0.325 e. The van der Waals surface area contributed by atoms with Crippen molar-refractivity contribution in [3.05, 3.63) is 87.3 Å². The third kappa shape index (κ3) is 3.97. The lowest BCUT2D eigenvalue weighted by molar-refractivity contribution is -0.134. The van der Waals surface area contributed by atoms with Crippen molar-refractivity contribution in [2.24, 2.45) is 5.92 Å². The van der Waals surface area contributed by atoms with E-state index in [0.29, 0.717) is 42.1 Å². The SMILES string of the molecule is O=C(c1cccc(Cl)c1)N1CCC(C2(c3cccnc3)NC(=O)N(Cc3ccsc3)C2=O)CC1. The number of likely N-dealkylation sites (tertiary alicyclic amines) is 1. The van der Waals surface area contributed by atoms with Gasteiger partial charge in [0.05, 0.1) is 6.54 Å². The van der Waals surface area contributed by atoms with Gasteiger partial charge in [0.2, 0.25) is 0 Å². The monoisotopic (exact) mass is 494 g/mol. The van der Waals surface area contributed by atoms with Crippen molar-refractivity contribution in [3.63, 3.8) is 0 Å². The van der Waals surface area contributed by atoms with Crippen LogP contribution in [0.3, 0.4) is 0 Å². The van der Waals surface area contributed by atoms with E-state index in [4.69, 9.17) is 11.6 Å². The van der Waals surface area contributed by atoms with E-state index in [-0.39, 0.29) is 24.3 Å². The molecule has 9 heteroatoms. The van der Waals surface area contributed by atoms with Crippen molar-refractivity contribution in [1.29, 1.82) is 0 Å². The van der Waals surface area contributed by atoms with Gasteiger partial charge in [0.1, 0.15) is 0 Å². The van der Waals surface area contributed by atoms with Gasteiger partial charge in [-0.05, 0) is 65.4 Å². The number of nitrogens with zero attached hydrogens (tertiary/aromatic N) is 3. The van der Waals surface area contributed by atoms with E-state index < -0.39 is 11.6 Å². The molecular formula is C25H23ClN4O3S. The van der Waals surface area contributed by atoms with Crippen LogP contribution in [0.15, 0.2) is 65.6 Å². The molecule has 1 aromatic carbocycles. The van der Waals surface area contributed by atoms with Crippen molar-refractivity contribution >= 4 is 40.8 Å². The number of hydrogen-bond donors (Lipinski definition) is 1. The summed E-state index contributed by atoms with van der Waals surface area (Å²) in [5.74, 6) is -0.530. The number of amides is 4. The summed E-state index contributed by atoms with van der Waals surface area (Å²) in [6.45, 7) is 1.18. The second-order valence-corrected chi connectivity index (χ2v) is 9.80. The highest BCUT2D eigenvalue weighted by Gasteiger charge is 2.57. The number of pyridine rings is 1. The first kappa shape index (κ1) is 22.6. The van der Waals surface area contributed by atoms with E-state index in [1.54, 1.807) is 47.6 Å². The van der Waals surface area contributed by atoms with Crippen LogP contribution in [0.1, 0.15) is 34.3 Å². The van der Waals surface area contributed by atoms with E-state index in [2.05, 4.69) is 10.3 Å². The summed E-state index contributed by atoms with van der Waals surface area (Å²) in [6, 6.07) is 12.0. The number of rotatable bonds is 5. The molecule has 2 aliphatic heterocycles. The fourth-order valence-corrected chi connectivity index (χ4v) is 5.78. The number of nitrogens with one attached hydrogen (secondary N) is 1. The Balaban J connectivity index is 1.40. The van der Waals surface area contributed by atoms with Crippen molar-refractivity contribution in [2.45, 2.75) is 24.9 Å². The second-order valence-electron chi connectivity index (χ2n) is 8.58. The van der Waals surface area contributed by atoms with Crippen molar-refractivity contribution in [1.82, 2.24) is 20.1 Å². The first-order valence-electron chi connectivity index (χ1n) is 11.1. The molecular weight excluding hydrogens is 472 g/mol. The van der Waals surface area contributed by atoms with Gasteiger partial charge in [-0.15, -0.1) is 0 Å². The number of benzene rings is 1. The van der Waals surface area contributed by atoms with Crippen LogP contribution in [0.4, 0.5) is 4.79 Å². The molecule has 5 rings (SSSR count). The molecule has 0 saturated carbocycles. The molecule has 1 unspecified atom stereocenters. The van der Waals surface area contributed by atoms with Crippen LogP contribution in [0, 0.1) is 5.92 Å². The average Bonchev–Trinajstić information content (AvgIpc) is 3.47. The highest BCUT2D eigenvalue weighted by molar-refractivity contribution is 7.07. The van der Waals surface area contributed by atoms with Crippen LogP contribution in [-0.4, -0.2) is 45.7 Å². The highest BCUT2D eigenvalue weighted by atomic mass is 35.5. The van der Waals surface area contributed by atoms with E-state index in [1.165, 1.54) is 16.2 Å². The Kier molecular flexibility index (Phi) is 6.10. The van der Waals surface area contributed by atoms with E-state index >= 15 is 0 Å². The van der Waals surface area contributed by atoms with Crippen LogP contribution < -0.4 is 5.32 Å². The zero-order chi connectivity index (χ0) is 23.7. The Labute approximate surface area is 206 Å². The number of carbonyl (C=O) groups excluding carboxylic acids is 3. The Morgan fingerprint density at radius 1 is 1.18 bits per heavy atom. The van der Waals surface area contributed by atoms with Gasteiger partial charge in [0.15, 0.2) is 5.54 Å². The highest BCUT2D eigenvalue weighted by Crippen LogP contribution is 2.41.